The molecule has 4 heterocycles. The minimum absolute atomic E-state index is 0.0577. The number of piperidine rings is 1. The number of cyclic esters (lactones) is 1. The second-order valence-corrected chi connectivity index (χ2v) is 11.3. The third-order valence-electron chi connectivity index (χ3n) is 7.23. The zero-order chi connectivity index (χ0) is 26.4. The molecule has 2 atom stereocenters. The van der Waals surface area contributed by atoms with Crippen LogP contribution < -0.4 is 16.6 Å². The minimum Gasteiger partial charge on any atom is -0.447 e. The van der Waals surface area contributed by atoms with Gasteiger partial charge in [0.05, 0.1) is 23.5 Å². The molecule has 0 unspecified atom stereocenters. The number of fused-ring (bicyclic) bond motifs is 2. The predicted molar refractivity (Wildman–Crippen MR) is 149 cm³/mol. The Kier molecular flexibility index (Phi) is 6.55. The van der Waals surface area contributed by atoms with Crippen molar-refractivity contribution in [3.63, 3.8) is 0 Å². The first-order valence-electron chi connectivity index (χ1n) is 12.5. The van der Waals surface area contributed by atoms with Gasteiger partial charge in [-0.25, -0.2) is 14.8 Å². The van der Waals surface area contributed by atoms with Crippen LogP contribution in [0.2, 0.25) is 5.02 Å². The van der Waals surface area contributed by atoms with E-state index in [4.69, 9.17) is 27.1 Å². The van der Waals surface area contributed by atoms with E-state index in [1.807, 2.05) is 43.3 Å². The molecule has 2 aliphatic rings. The number of thiazole rings is 1. The van der Waals surface area contributed by atoms with Crippen LogP contribution in [-0.2, 0) is 17.8 Å². The molecular formula is C27H27ClN6O3S. The highest BCUT2D eigenvalue weighted by Crippen LogP contribution is 2.36. The maximum Gasteiger partial charge on any atom is 0.410 e. The molecule has 6 rings (SSSR count). The number of hydrogen-bond acceptors (Lipinski definition) is 8. The molecule has 2 aromatic carbocycles. The fourth-order valence-corrected chi connectivity index (χ4v) is 6.16. The standard InChI is InChI=1S/C27H27ClN6O3S/c1-15-31-24-9-21(25-30-12-20(11-29)38-25)23(32-18-6-7-33-19(8-18)14-37-27(33)36)10-22(24)26(35)34(15)13-16-2-4-17(28)5-3-16/h2-5,9-10,12,18-19,32H,6-8,11,13-14,29H2,1H3/t18-,19-/m0/s1. The van der Waals surface area contributed by atoms with Crippen LogP contribution >= 0.6 is 22.9 Å². The van der Waals surface area contributed by atoms with Gasteiger partial charge in [0.2, 0.25) is 0 Å². The smallest absolute Gasteiger partial charge is 0.410 e. The molecule has 0 spiro atoms. The molecule has 4 aromatic rings. The van der Waals surface area contributed by atoms with Gasteiger partial charge in [-0.2, -0.15) is 0 Å². The summed E-state index contributed by atoms with van der Waals surface area (Å²) in [5.74, 6) is 0.629. The van der Waals surface area contributed by atoms with Crippen molar-refractivity contribution < 1.29 is 9.53 Å². The van der Waals surface area contributed by atoms with Gasteiger partial charge in [0, 0.05) is 46.5 Å². The van der Waals surface area contributed by atoms with E-state index in [0.717, 1.165) is 39.5 Å². The van der Waals surface area contributed by atoms with Gasteiger partial charge in [-0.3, -0.25) is 9.36 Å². The van der Waals surface area contributed by atoms with Crippen molar-refractivity contribution in [1.29, 1.82) is 0 Å². The van der Waals surface area contributed by atoms with Crippen LogP contribution in [0, 0.1) is 6.92 Å². The molecule has 11 heteroatoms. The zero-order valence-corrected chi connectivity index (χ0v) is 22.4. The lowest BCUT2D eigenvalue weighted by Crippen LogP contribution is -2.45. The highest BCUT2D eigenvalue weighted by Gasteiger charge is 2.38. The molecule has 1 amide bonds. The molecule has 0 aliphatic carbocycles. The van der Waals surface area contributed by atoms with E-state index in [2.05, 4.69) is 10.3 Å². The maximum absolute atomic E-state index is 13.7. The largest absolute Gasteiger partial charge is 0.447 e. The third-order valence-corrected chi connectivity index (χ3v) is 8.54. The average Bonchev–Trinajstić information content (AvgIpc) is 3.54. The lowest BCUT2D eigenvalue weighted by atomic mass is 9.97. The van der Waals surface area contributed by atoms with Crippen LogP contribution in [0.15, 0.2) is 47.4 Å². The van der Waals surface area contributed by atoms with E-state index in [-0.39, 0.29) is 23.7 Å². The van der Waals surface area contributed by atoms with Gasteiger partial charge in [0.25, 0.3) is 5.56 Å². The number of rotatable bonds is 6. The summed E-state index contributed by atoms with van der Waals surface area (Å²) in [4.78, 5) is 37.9. The van der Waals surface area contributed by atoms with Crippen molar-refractivity contribution in [1.82, 2.24) is 19.4 Å². The van der Waals surface area contributed by atoms with E-state index >= 15 is 0 Å². The summed E-state index contributed by atoms with van der Waals surface area (Å²) in [6.07, 6.45) is 3.10. The number of anilines is 1. The van der Waals surface area contributed by atoms with Crippen molar-refractivity contribution in [2.75, 3.05) is 18.5 Å². The number of ether oxygens (including phenoxy) is 1. The molecule has 2 saturated heterocycles. The van der Waals surface area contributed by atoms with Gasteiger partial charge in [-0.1, -0.05) is 23.7 Å². The fraction of sp³-hybridized carbons (Fsp3) is 0.333. The first kappa shape index (κ1) is 24.8. The Bertz CT molecular complexity index is 1580. The second kappa shape index (κ2) is 10.0. The normalized spacial score (nSPS) is 19.0. The van der Waals surface area contributed by atoms with Crippen LogP contribution in [0.3, 0.4) is 0 Å². The number of carbonyl (C=O) groups is 1. The quantitative estimate of drug-likeness (QED) is 0.366. The van der Waals surface area contributed by atoms with Crippen LogP contribution in [0.25, 0.3) is 21.5 Å². The van der Waals surface area contributed by atoms with E-state index in [0.29, 0.717) is 48.0 Å². The summed E-state index contributed by atoms with van der Waals surface area (Å²) in [5, 5.41) is 5.66. The number of nitrogens with one attached hydrogen (secondary N) is 1. The SMILES string of the molecule is Cc1nc2cc(-c3ncc(CN)s3)c(N[C@H]3CCN4C(=O)OC[C@@H]4C3)cc2c(=O)n1Cc1ccc(Cl)cc1. The molecule has 0 radical (unpaired) electrons. The highest BCUT2D eigenvalue weighted by atomic mass is 35.5. The van der Waals surface area contributed by atoms with E-state index < -0.39 is 0 Å². The minimum atomic E-state index is -0.236. The second-order valence-electron chi connectivity index (χ2n) is 9.72. The summed E-state index contributed by atoms with van der Waals surface area (Å²) in [5.41, 5.74) is 9.03. The third kappa shape index (κ3) is 4.63. The summed E-state index contributed by atoms with van der Waals surface area (Å²) in [6, 6.07) is 11.5. The number of nitrogens with zero attached hydrogens (tertiary/aromatic N) is 4. The number of carbonyl (C=O) groups excluding carboxylic acids is 1. The van der Waals surface area contributed by atoms with Crippen LogP contribution in [0.4, 0.5) is 10.5 Å². The Morgan fingerprint density at radius 2 is 2.05 bits per heavy atom. The fourth-order valence-electron chi connectivity index (χ4n) is 5.21. The number of benzene rings is 2. The van der Waals surface area contributed by atoms with Crippen molar-refractivity contribution in [3.05, 3.63) is 74.2 Å². The topological polar surface area (TPSA) is 115 Å². The Morgan fingerprint density at radius 1 is 1.24 bits per heavy atom. The molecule has 9 nitrogen and oxygen atoms in total. The van der Waals surface area contributed by atoms with Gasteiger partial charge in [-0.15, -0.1) is 11.3 Å². The molecule has 2 aromatic heterocycles. The van der Waals surface area contributed by atoms with Gasteiger partial charge in [-0.05, 0) is 49.6 Å². The molecule has 0 bridgehead atoms. The number of aryl methyl sites for hydroxylation is 1. The predicted octanol–water partition coefficient (Wildman–Crippen LogP) is 4.38. The lowest BCUT2D eigenvalue weighted by molar-refractivity contribution is 0.153. The Labute approximate surface area is 228 Å². The molecule has 2 fully saturated rings. The van der Waals surface area contributed by atoms with Crippen LogP contribution in [0.5, 0.6) is 0 Å². The number of halogens is 1. The molecule has 38 heavy (non-hydrogen) atoms. The molecule has 2 aliphatic heterocycles. The van der Waals surface area contributed by atoms with Crippen molar-refractivity contribution >= 4 is 45.6 Å². The molecule has 3 N–H and O–H groups in total. The van der Waals surface area contributed by atoms with Gasteiger partial charge in [0.15, 0.2) is 0 Å². The van der Waals surface area contributed by atoms with Gasteiger partial charge < -0.3 is 20.7 Å². The highest BCUT2D eigenvalue weighted by molar-refractivity contribution is 7.15. The first-order chi connectivity index (χ1) is 18.4. The Morgan fingerprint density at radius 3 is 2.82 bits per heavy atom. The summed E-state index contributed by atoms with van der Waals surface area (Å²) in [7, 11) is 0. The first-order valence-corrected chi connectivity index (χ1v) is 13.7. The van der Waals surface area contributed by atoms with Gasteiger partial charge >= 0.3 is 6.09 Å². The van der Waals surface area contributed by atoms with Crippen molar-refractivity contribution in [3.8, 4) is 10.6 Å². The number of hydrogen-bond donors (Lipinski definition) is 2. The average molecular weight is 551 g/mol. The van der Waals surface area contributed by atoms with E-state index in [1.165, 1.54) is 11.3 Å². The Hall–Kier alpha value is -3.47. The number of nitrogens with two attached hydrogens (primary N) is 1. The summed E-state index contributed by atoms with van der Waals surface area (Å²) < 4.78 is 6.92. The molecule has 0 saturated carbocycles. The van der Waals surface area contributed by atoms with Crippen molar-refractivity contribution in [2.45, 2.75) is 44.9 Å². The molecule has 196 valence electrons. The van der Waals surface area contributed by atoms with E-state index in [9.17, 15) is 9.59 Å². The number of aromatic nitrogens is 3. The monoisotopic (exact) mass is 550 g/mol. The number of amides is 1. The zero-order valence-electron chi connectivity index (χ0n) is 20.8. The molecular weight excluding hydrogens is 524 g/mol. The van der Waals surface area contributed by atoms with E-state index in [1.54, 1.807) is 15.7 Å². The summed E-state index contributed by atoms with van der Waals surface area (Å²) in [6.45, 7) is 3.70. The van der Waals surface area contributed by atoms with Crippen molar-refractivity contribution in [2.24, 2.45) is 5.73 Å². The van der Waals surface area contributed by atoms with Crippen LogP contribution in [0.1, 0.15) is 29.1 Å². The summed E-state index contributed by atoms with van der Waals surface area (Å²) >= 11 is 7.57. The lowest BCUT2D eigenvalue weighted by Gasteiger charge is -2.33. The van der Waals surface area contributed by atoms with Gasteiger partial charge in [0.1, 0.15) is 17.4 Å². The Balaban J connectivity index is 1.41. The maximum atomic E-state index is 13.7. The van der Waals surface area contributed by atoms with Crippen LogP contribution in [-0.4, -0.2) is 50.8 Å².